The van der Waals surface area contributed by atoms with E-state index in [-0.39, 0.29) is 16.9 Å². The van der Waals surface area contributed by atoms with Crippen molar-refractivity contribution >= 4 is 28.7 Å². The van der Waals surface area contributed by atoms with Gasteiger partial charge in [0.2, 0.25) is 0 Å². The number of benzene rings is 2. The zero-order valence-corrected chi connectivity index (χ0v) is 11.6. The zero-order chi connectivity index (χ0) is 17.0. The van der Waals surface area contributed by atoms with Crippen LogP contribution in [0.5, 0.6) is 0 Å². The minimum atomic E-state index is -1.17. The predicted molar refractivity (Wildman–Crippen MR) is 80.8 cm³/mol. The lowest BCUT2D eigenvalue weighted by Gasteiger charge is -2.08. The molecule has 2 rings (SSSR count). The number of nitro groups is 2. The average Bonchev–Trinajstić information content (AvgIpc) is 2.48. The fourth-order valence-electron chi connectivity index (χ4n) is 1.99. The average molecular weight is 317 g/mol. The Kier molecular flexibility index (Phi) is 4.50. The van der Waals surface area contributed by atoms with E-state index in [1.165, 1.54) is 36.4 Å². The maximum absolute atomic E-state index is 11.0. The Labute approximate surface area is 129 Å². The third kappa shape index (κ3) is 4.00. The summed E-state index contributed by atoms with van der Waals surface area (Å²) in [4.78, 5) is 31.3. The number of rotatable bonds is 6. The number of nitrogens with one attached hydrogen (secondary N) is 1. The first kappa shape index (κ1) is 15.9. The molecular formula is C14H11N3O6. The van der Waals surface area contributed by atoms with E-state index in [9.17, 15) is 25.0 Å². The molecule has 0 unspecified atom stereocenters. The van der Waals surface area contributed by atoms with Gasteiger partial charge >= 0.3 is 5.97 Å². The number of carboxylic acid groups (broad SMARTS) is 1. The fraction of sp³-hybridized carbons (Fsp3) is 0.0714. The number of nitrogens with zero attached hydrogens (tertiary/aromatic N) is 2. The molecule has 118 valence electrons. The van der Waals surface area contributed by atoms with Crippen LogP contribution in [0.4, 0.5) is 22.7 Å². The minimum Gasteiger partial charge on any atom is -0.481 e. The molecule has 2 aromatic carbocycles. The van der Waals surface area contributed by atoms with Crippen molar-refractivity contribution in [1.82, 2.24) is 0 Å². The van der Waals surface area contributed by atoms with Crippen molar-refractivity contribution in [3.8, 4) is 0 Å². The van der Waals surface area contributed by atoms with Crippen molar-refractivity contribution in [2.45, 2.75) is 6.42 Å². The highest BCUT2D eigenvalue weighted by molar-refractivity contribution is 5.74. The Hall–Kier alpha value is -3.49. The molecule has 0 fully saturated rings. The van der Waals surface area contributed by atoms with Crippen molar-refractivity contribution in [3.05, 3.63) is 68.3 Å². The van der Waals surface area contributed by atoms with Gasteiger partial charge in [0.1, 0.15) is 0 Å². The molecule has 2 N–H and O–H groups in total. The Bertz CT molecular complexity index is 790. The summed E-state index contributed by atoms with van der Waals surface area (Å²) in [6.45, 7) is 0. The number of non-ortho nitro benzene ring substituents is 1. The maximum atomic E-state index is 11.0. The standard InChI is InChI=1S/C14H11N3O6/c18-14(19)6-9-4-5-11(8-13(9)17(22)23)15-10-2-1-3-12(7-10)16(20)21/h1-5,7-8,15H,6H2,(H,18,19). The Morgan fingerprint density at radius 3 is 2.35 bits per heavy atom. The van der Waals surface area contributed by atoms with Crippen LogP contribution in [0, 0.1) is 20.2 Å². The van der Waals surface area contributed by atoms with E-state index in [0.717, 1.165) is 0 Å². The molecule has 0 saturated carbocycles. The van der Waals surface area contributed by atoms with E-state index in [1.54, 1.807) is 6.07 Å². The Morgan fingerprint density at radius 2 is 1.74 bits per heavy atom. The SMILES string of the molecule is O=C(O)Cc1ccc(Nc2cccc([N+](=O)[O-])c2)cc1[N+](=O)[O-]. The van der Waals surface area contributed by atoms with Crippen molar-refractivity contribution in [2.24, 2.45) is 0 Å². The first-order valence-electron chi connectivity index (χ1n) is 6.37. The van der Waals surface area contributed by atoms with Gasteiger partial charge in [0.05, 0.1) is 16.3 Å². The van der Waals surface area contributed by atoms with Gasteiger partial charge in [-0.15, -0.1) is 0 Å². The number of nitro benzene ring substituents is 2. The molecule has 0 atom stereocenters. The number of anilines is 2. The van der Waals surface area contributed by atoms with Gasteiger partial charge in [0.25, 0.3) is 11.4 Å². The highest BCUT2D eigenvalue weighted by Gasteiger charge is 2.17. The predicted octanol–water partition coefficient (Wildman–Crippen LogP) is 2.87. The van der Waals surface area contributed by atoms with Gasteiger partial charge in [0.15, 0.2) is 0 Å². The van der Waals surface area contributed by atoms with E-state index >= 15 is 0 Å². The smallest absolute Gasteiger partial charge is 0.308 e. The van der Waals surface area contributed by atoms with Crippen LogP contribution in [-0.2, 0) is 11.2 Å². The summed E-state index contributed by atoms with van der Waals surface area (Å²) in [5.41, 5.74) is 0.340. The van der Waals surface area contributed by atoms with Gasteiger partial charge in [-0.2, -0.15) is 0 Å². The molecule has 0 aliphatic heterocycles. The van der Waals surface area contributed by atoms with Gasteiger partial charge in [0, 0.05) is 35.1 Å². The molecule has 0 aliphatic carbocycles. The first-order chi connectivity index (χ1) is 10.9. The van der Waals surface area contributed by atoms with E-state index in [0.29, 0.717) is 11.4 Å². The zero-order valence-electron chi connectivity index (χ0n) is 11.6. The van der Waals surface area contributed by atoms with E-state index < -0.39 is 22.2 Å². The molecule has 2 aromatic rings. The van der Waals surface area contributed by atoms with E-state index in [2.05, 4.69) is 5.32 Å². The topological polar surface area (TPSA) is 136 Å². The number of hydrogen-bond donors (Lipinski definition) is 2. The lowest BCUT2D eigenvalue weighted by Crippen LogP contribution is -2.04. The third-order valence-electron chi connectivity index (χ3n) is 2.97. The van der Waals surface area contributed by atoms with Crippen molar-refractivity contribution < 1.29 is 19.7 Å². The van der Waals surface area contributed by atoms with Gasteiger partial charge in [-0.3, -0.25) is 25.0 Å². The number of aliphatic carboxylic acids is 1. The summed E-state index contributed by atoms with van der Waals surface area (Å²) in [5.74, 6) is -1.17. The molecule has 0 aromatic heterocycles. The van der Waals surface area contributed by atoms with Gasteiger partial charge in [-0.1, -0.05) is 6.07 Å². The molecule has 0 saturated heterocycles. The molecule has 0 bridgehead atoms. The molecular weight excluding hydrogens is 306 g/mol. The van der Waals surface area contributed by atoms with Crippen LogP contribution in [0.3, 0.4) is 0 Å². The molecule has 23 heavy (non-hydrogen) atoms. The second-order valence-corrected chi connectivity index (χ2v) is 4.60. The van der Waals surface area contributed by atoms with Crippen LogP contribution < -0.4 is 5.32 Å². The summed E-state index contributed by atoms with van der Waals surface area (Å²) in [5, 5.41) is 33.4. The summed E-state index contributed by atoms with van der Waals surface area (Å²) >= 11 is 0. The summed E-state index contributed by atoms with van der Waals surface area (Å²) < 4.78 is 0. The van der Waals surface area contributed by atoms with Crippen LogP contribution in [0.25, 0.3) is 0 Å². The second-order valence-electron chi connectivity index (χ2n) is 4.60. The largest absolute Gasteiger partial charge is 0.481 e. The van der Waals surface area contributed by atoms with Gasteiger partial charge in [-0.25, -0.2) is 0 Å². The maximum Gasteiger partial charge on any atom is 0.308 e. The normalized spacial score (nSPS) is 10.1. The molecule has 0 amide bonds. The fourth-order valence-corrected chi connectivity index (χ4v) is 1.99. The van der Waals surface area contributed by atoms with Crippen molar-refractivity contribution in [3.63, 3.8) is 0 Å². The highest BCUT2D eigenvalue weighted by atomic mass is 16.6. The lowest BCUT2D eigenvalue weighted by molar-refractivity contribution is -0.385. The Morgan fingerprint density at radius 1 is 1.04 bits per heavy atom. The molecule has 0 spiro atoms. The quantitative estimate of drug-likeness (QED) is 0.617. The van der Waals surface area contributed by atoms with Crippen LogP contribution >= 0.6 is 0 Å². The minimum absolute atomic E-state index is 0.0760. The molecule has 0 aliphatic rings. The van der Waals surface area contributed by atoms with E-state index in [1.807, 2.05) is 0 Å². The van der Waals surface area contributed by atoms with Crippen molar-refractivity contribution in [2.75, 3.05) is 5.32 Å². The summed E-state index contributed by atoms with van der Waals surface area (Å²) in [6.07, 6.45) is -0.465. The monoisotopic (exact) mass is 317 g/mol. The van der Waals surface area contributed by atoms with E-state index in [4.69, 9.17) is 5.11 Å². The van der Waals surface area contributed by atoms with Crippen molar-refractivity contribution in [1.29, 1.82) is 0 Å². The van der Waals surface area contributed by atoms with Crippen LogP contribution in [0.2, 0.25) is 0 Å². The summed E-state index contributed by atoms with van der Waals surface area (Å²) in [6, 6.07) is 9.67. The van der Waals surface area contributed by atoms with Crippen LogP contribution in [0.15, 0.2) is 42.5 Å². The molecule has 0 heterocycles. The molecule has 9 heteroatoms. The second kappa shape index (κ2) is 6.52. The number of carbonyl (C=O) groups is 1. The highest BCUT2D eigenvalue weighted by Crippen LogP contribution is 2.27. The van der Waals surface area contributed by atoms with Gasteiger partial charge < -0.3 is 10.4 Å². The molecule has 9 nitrogen and oxygen atoms in total. The van der Waals surface area contributed by atoms with Crippen LogP contribution in [0.1, 0.15) is 5.56 Å². The lowest BCUT2D eigenvalue weighted by atomic mass is 10.1. The first-order valence-corrected chi connectivity index (χ1v) is 6.37. The Balaban J connectivity index is 2.32. The molecule has 0 radical (unpaired) electrons. The summed E-state index contributed by atoms with van der Waals surface area (Å²) in [7, 11) is 0. The van der Waals surface area contributed by atoms with Crippen LogP contribution in [-0.4, -0.2) is 20.9 Å². The third-order valence-corrected chi connectivity index (χ3v) is 2.97. The number of carboxylic acids is 1. The van der Waals surface area contributed by atoms with Gasteiger partial charge in [-0.05, 0) is 18.2 Å². The number of hydrogen-bond acceptors (Lipinski definition) is 6.